The van der Waals surface area contributed by atoms with Crippen molar-refractivity contribution in [1.82, 2.24) is 0 Å². The molecule has 1 amide bonds. The molecule has 17 heavy (non-hydrogen) atoms. The molecule has 0 saturated carbocycles. The predicted molar refractivity (Wildman–Crippen MR) is 57.2 cm³/mol. The lowest BCUT2D eigenvalue weighted by Gasteiger charge is -2.15. The molecule has 1 fully saturated rings. The summed E-state index contributed by atoms with van der Waals surface area (Å²) in [7, 11) is -4.72. The van der Waals surface area contributed by atoms with Crippen molar-refractivity contribution in [3.63, 3.8) is 0 Å². The van der Waals surface area contributed by atoms with Crippen molar-refractivity contribution >= 4 is 21.8 Å². The average Bonchev–Trinajstić information content (AvgIpc) is 2.61. The van der Waals surface area contributed by atoms with Gasteiger partial charge in [-0.05, 0) is 24.3 Å². The number of carbonyl (C=O) groups is 1. The second-order valence-corrected chi connectivity index (χ2v) is 5.40. The van der Waals surface area contributed by atoms with E-state index in [-0.39, 0.29) is 13.0 Å². The number of benzene rings is 1. The van der Waals surface area contributed by atoms with E-state index < -0.39 is 27.2 Å². The monoisotopic (exact) mass is 261 g/mol. The van der Waals surface area contributed by atoms with Gasteiger partial charge in [0.05, 0.1) is 0 Å². The molecule has 0 spiro atoms. The maximum atomic E-state index is 12.8. The SMILES string of the molecule is O=C1CC(S(=O)(=O)F)CN1c1ccc(F)cc1. The van der Waals surface area contributed by atoms with Crippen LogP contribution >= 0.6 is 0 Å². The van der Waals surface area contributed by atoms with Crippen LogP contribution in [0.4, 0.5) is 14.0 Å². The fraction of sp³-hybridized carbons (Fsp3) is 0.300. The van der Waals surface area contributed by atoms with Crippen LogP contribution < -0.4 is 4.90 Å². The highest BCUT2D eigenvalue weighted by Gasteiger charge is 2.38. The quantitative estimate of drug-likeness (QED) is 0.752. The number of anilines is 1. The average molecular weight is 261 g/mol. The normalized spacial score (nSPS) is 20.9. The largest absolute Gasteiger partial charge is 0.311 e. The van der Waals surface area contributed by atoms with Gasteiger partial charge >= 0.3 is 10.2 Å². The first-order valence-corrected chi connectivity index (χ1v) is 6.32. The molecule has 0 bridgehead atoms. The van der Waals surface area contributed by atoms with Gasteiger partial charge in [0.1, 0.15) is 11.1 Å². The summed E-state index contributed by atoms with van der Waals surface area (Å²) in [6.07, 6.45) is -0.379. The minimum absolute atomic E-state index is 0.233. The lowest BCUT2D eigenvalue weighted by molar-refractivity contribution is -0.117. The van der Waals surface area contributed by atoms with Crippen molar-refractivity contribution in [2.75, 3.05) is 11.4 Å². The summed E-state index contributed by atoms with van der Waals surface area (Å²) in [5.74, 6) is -0.946. The molecule has 1 aliphatic rings. The smallest absolute Gasteiger partial charge is 0.307 e. The van der Waals surface area contributed by atoms with Crippen LogP contribution in [0.3, 0.4) is 0 Å². The van der Waals surface area contributed by atoms with Gasteiger partial charge in [-0.15, -0.1) is 3.89 Å². The van der Waals surface area contributed by atoms with E-state index in [1.165, 1.54) is 12.1 Å². The first kappa shape index (κ1) is 12.0. The lowest BCUT2D eigenvalue weighted by atomic mass is 10.3. The Balaban J connectivity index is 2.24. The molecule has 1 aromatic carbocycles. The van der Waals surface area contributed by atoms with Crippen LogP contribution in [0.25, 0.3) is 0 Å². The molecule has 2 rings (SSSR count). The molecule has 1 heterocycles. The van der Waals surface area contributed by atoms with Crippen LogP contribution in [0.2, 0.25) is 0 Å². The van der Waals surface area contributed by atoms with Crippen molar-refractivity contribution < 1.29 is 21.5 Å². The summed E-state index contributed by atoms with van der Waals surface area (Å²) in [5, 5.41) is -1.33. The molecule has 1 unspecified atom stereocenters. The summed E-state index contributed by atoms with van der Waals surface area (Å²) >= 11 is 0. The van der Waals surface area contributed by atoms with Gasteiger partial charge in [-0.2, -0.15) is 8.42 Å². The molecular weight excluding hydrogens is 252 g/mol. The van der Waals surface area contributed by atoms with E-state index in [0.717, 1.165) is 17.0 Å². The summed E-state index contributed by atoms with van der Waals surface area (Å²) in [6.45, 7) is -0.233. The highest BCUT2D eigenvalue weighted by atomic mass is 32.3. The molecule has 0 radical (unpaired) electrons. The minimum atomic E-state index is -4.72. The molecule has 1 saturated heterocycles. The maximum absolute atomic E-state index is 12.8. The third-order valence-electron chi connectivity index (χ3n) is 2.63. The zero-order valence-corrected chi connectivity index (χ0v) is 9.45. The van der Waals surface area contributed by atoms with Crippen molar-refractivity contribution in [3.05, 3.63) is 30.1 Å². The van der Waals surface area contributed by atoms with E-state index in [2.05, 4.69) is 0 Å². The molecule has 1 aromatic rings. The van der Waals surface area contributed by atoms with Gasteiger partial charge in [0.25, 0.3) is 0 Å². The van der Waals surface area contributed by atoms with E-state index in [0.29, 0.717) is 5.69 Å². The summed E-state index contributed by atoms with van der Waals surface area (Å²) in [6, 6.07) is 5.00. The van der Waals surface area contributed by atoms with Gasteiger partial charge in [-0.25, -0.2) is 4.39 Å². The molecule has 92 valence electrons. The highest BCUT2D eigenvalue weighted by molar-refractivity contribution is 7.87. The molecular formula is C10H9F2NO3S. The van der Waals surface area contributed by atoms with Crippen LogP contribution in [0.5, 0.6) is 0 Å². The fourth-order valence-electron chi connectivity index (χ4n) is 1.73. The zero-order chi connectivity index (χ0) is 12.6. The van der Waals surface area contributed by atoms with Crippen molar-refractivity contribution in [1.29, 1.82) is 0 Å². The van der Waals surface area contributed by atoms with E-state index in [1.54, 1.807) is 0 Å². The highest BCUT2D eigenvalue weighted by Crippen LogP contribution is 2.25. The van der Waals surface area contributed by atoms with Gasteiger partial charge in [0.2, 0.25) is 5.91 Å². The summed E-state index contributed by atoms with van der Waals surface area (Å²) in [4.78, 5) is 12.7. The van der Waals surface area contributed by atoms with Gasteiger partial charge in [-0.1, -0.05) is 0 Å². The van der Waals surface area contributed by atoms with Crippen molar-refractivity contribution in [2.24, 2.45) is 0 Å². The van der Waals surface area contributed by atoms with Crippen LogP contribution in [0, 0.1) is 5.82 Å². The third kappa shape index (κ3) is 2.44. The van der Waals surface area contributed by atoms with E-state index in [4.69, 9.17) is 0 Å². The van der Waals surface area contributed by atoms with E-state index in [9.17, 15) is 21.5 Å². The standard InChI is InChI=1S/C10H9F2NO3S/c11-7-1-3-8(4-2-7)13-6-9(5-10(13)14)17(12,15)16/h1-4,9H,5-6H2. The number of hydrogen-bond acceptors (Lipinski definition) is 3. The van der Waals surface area contributed by atoms with Crippen LogP contribution in [0.15, 0.2) is 24.3 Å². The minimum Gasteiger partial charge on any atom is -0.311 e. The molecule has 0 N–H and O–H groups in total. The lowest BCUT2D eigenvalue weighted by Crippen LogP contribution is -2.26. The Morgan fingerprint density at radius 3 is 2.29 bits per heavy atom. The van der Waals surface area contributed by atoms with Gasteiger partial charge in [0, 0.05) is 18.7 Å². The first-order chi connectivity index (χ1) is 7.88. The van der Waals surface area contributed by atoms with Gasteiger partial charge in [0.15, 0.2) is 0 Å². The first-order valence-electron chi connectivity index (χ1n) is 4.87. The topological polar surface area (TPSA) is 54.5 Å². The predicted octanol–water partition coefficient (Wildman–Crippen LogP) is 1.23. The second kappa shape index (κ2) is 4.06. The molecule has 1 atom stereocenters. The van der Waals surface area contributed by atoms with Gasteiger partial charge < -0.3 is 4.90 Å². The van der Waals surface area contributed by atoms with Crippen molar-refractivity contribution in [2.45, 2.75) is 11.7 Å². The molecule has 1 aliphatic heterocycles. The van der Waals surface area contributed by atoms with Crippen molar-refractivity contribution in [3.8, 4) is 0 Å². The Bertz CT molecular complexity index is 541. The number of carbonyl (C=O) groups excluding carboxylic acids is 1. The Morgan fingerprint density at radius 2 is 1.82 bits per heavy atom. The van der Waals surface area contributed by atoms with E-state index in [1.807, 2.05) is 0 Å². The Labute approximate surface area is 97.1 Å². The summed E-state index contributed by atoms with van der Waals surface area (Å²) < 4.78 is 46.8. The number of nitrogens with zero attached hydrogens (tertiary/aromatic N) is 1. The number of rotatable bonds is 2. The van der Waals surface area contributed by atoms with Crippen LogP contribution in [0.1, 0.15) is 6.42 Å². The fourth-order valence-corrected chi connectivity index (χ4v) is 2.40. The third-order valence-corrected chi connectivity index (χ3v) is 3.74. The molecule has 0 aliphatic carbocycles. The Kier molecular flexibility index (Phi) is 2.86. The number of halogens is 2. The molecule has 0 aromatic heterocycles. The molecule has 4 nitrogen and oxygen atoms in total. The Morgan fingerprint density at radius 1 is 1.24 bits per heavy atom. The summed E-state index contributed by atoms with van der Waals surface area (Å²) in [5.41, 5.74) is 0.363. The van der Waals surface area contributed by atoms with E-state index >= 15 is 0 Å². The van der Waals surface area contributed by atoms with Crippen LogP contribution in [-0.2, 0) is 15.0 Å². The zero-order valence-electron chi connectivity index (χ0n) is 8.64. The van der Waals surface area contributed by atoms with Crippen LogP contribution in [-0.4, -0.2) is 26.1 Å². The number of amides is 1. The van der Waals surface area contributed by atoms with Gasteiger partial charge in [-0.3, -0.25) is 4.79 Å². The number of hydrogen-bond donors (Lipinski definition) is 0. The Hall–Kier alpha value is -1.50. The maximum Gasteiger partial charge on any atom is 0.307 e. The second-order valence-electron chi connectivity index (χ2n) is 3.78. The molecule has 7 heteroatoms.